The van der Waals surface area contributed by atoms with Crippen molar-refractivity contribution in [3.63, 3.8) is 0 Å². The molecule has 8 nitrogen and oxygen atoms in total. The van der Waals surface area contributed by atoms with Gasteiger partial charge in [0.05, 0.1) is 25.4 Å². The van der Waals surface area contributed by atoms with Crippen molar-refractivity contribution in [1.29, 1.82) is 0 Å². The molecule has 2 aliphatic heterocycles. The maximum atomic E-state index is 13.5. The van der Waals surface area contributed by atoms with Crippen LogP contribution < -0.4 is 14.5 Å². The zero-order chi connectivity index (χ0) is 29.6. The van der Waals surface area contributed by atoms with Crippen LogP contribution in [0.3, 0.4) is 0 Å². The second-order valence-electron chi connectivity index (χ2n) is 11.1. The molecule has 1 spiro atoms. The Balaban J connectivity index is 1.23. The zero-order valence-electron chi connectivity index (χ0n) is 24.2. The summed E-state index contributed by atoms with van der Waals surface area (Å²) in [5, 5.41) is 0. The van der Waals surface area contributed by atoms with E-state index in [1.807, 2.05) is 104 Å². The zero-order valence-corrected chi connectivity index (χ0v) is 24.2. The molecule has 2 amide bonds. The topological polar surface area (TPSA) is 71.5 Å². The van der Waals surface area contributed by atoms with E-state index in [2.05, 4.69) is 17.0 Å². The summed E-state index contributed by atoms with van der Waals surface area (Å²) in [6, 6.07) is 35.6. The summed E-state index contributed by atoms with van der Waals surface area (Å²) < 4.78 is 17.6. The fourth-order valence-corrected chi connectivity index (χ4v) is 5.51. The average Bonchev–Trinajstić information content (AvgIpc) is 3.03. The van der Waals surface area contributed by atoms with Crippen LogP contribution in [0.1, 0.15) is 16.7 Å². The molecule has 2 fully saturated rings. The summed E-state index contributed by atoms with van der Waals surface area (Å²) in [6.45, 7) is 2.13. The lowest BCUT2D eigenvalue weighted by Gasteiger charge is -2.53. The summed E-state index contributed by atoms with van der Waals surface area (Å²) in [5.41, 5.74) is 4.11. The number of piperazine rings is 1. The van der Waals surface area contributed by atoms with E-state index < -0.39 is 11.6 Å². The number of rotatable bonds is 9. The molecule has 4 aromatic rings. The molecule has 0 atom stereocenters. The Kier molecular flexibility index (Phi) is 8.29. The van der Waals surface area contributed by atoms with Crippen molar-refractivity contribution in [2.45, 2.75) is 25.3 Å². The first-order valence-electron chi connectivity index (χ1n) is 14.4. The van der Waals surface area contributed by atoms with Gasteiger partial charge in [0.25, 0.3) is 0 Å². The number of benzene rings is 4. The molecule has 0 aromatic heterocycles. The Morgan fingerprint density at radius 3 is 2.05 bits per heavy atom. The Morgan fingerprint density at radius 2 is 1.44 bits per heavy atom. The summed E-state index contributed by atoms with van der Waals surface area (Å²) >= 11 is 0. The summed E-state index contributed by atoms with van der Waals surface area (Å²) in [7, 11) is 2.03. The molecule has 43 heavy (non-hydrogen) atoms. The Bertz CT molecular complexity index is 1540. The van der Waals surface area contributed by atoms with Gasteiger partial charge in [0.2, 0.25) is 5.91 Å². The van der Waals surface area contributed by atoms with Crippen molar-refractivity contribution in [2.24, 2.45) is 0 Å². The molecule has 0 bridgehead atoms. The minimum atomic E-state index is -0.643. The van der Waals surface area contributed by atoms with Gasteiger partial charge in [0, 0.05) is 25.3 Å². The van der Waals surface area contributed by atoms with Gasteiger partial charge in [-0.05, 0) is 28.8 Å². The van der Waals surface area contributed by atoms with Crippen LogP contribution in [-0.2, 0) is 34.0 Å². The molecule has 0 radical (unpaired) electrons. The Morgan fingerprint density at radius 1 is 0.837 bits per heavy atom. The number of nitrogens with zero attached hydrogens (tertiary/aromatic N) is 3. The highest BCUT2D eigenvalue weighted by atomic mass is 16.6. The fourth-order valence-electron chi connectivity index (χ4n) is 5.51. The van der Waals surface area contributed by atoms with Crippen LogP contribution in [0.15, 0.2) is 109 Å². The van der Waals surface area contributed by atoms with E-state index in [1.165, 1.54) is 10.5 Å². The third kappa shape index (κ3) is 6.34. The minimum absolute atomic E-state index is 0.0904. The van der Waals surface area contributed by atoms with E-state index in [0.717, 1.165) is 16.8 Å². The van der Waals surface area contributed by atoms with Crippen LogP contribution in [-0.4, -0.2) is 55.8 Å². The van der Waals surface area contributed by atoms with Gasteiger partial charge in [-0.15, -0.1) is 0 Å². The van der Waals surface area contributed by atoms with Gasteiger partial charge in [0.15, 0.2) is 0 Å². The molecule has 4 aromatic carbocycles. The second-order valence-corrected chi connectivity index (χ2v) is 11.1. The molecule has 0 N–H and O–H groups in total. The van der Waals surface area contributed by atoms with Crippen molar-refractivity contribution in [2.75, 3.05) is 43.2 Å². The third-order valence-corrected chi connectivity index (χ3v) is 7.95. The maximum absolute atomic E-state index is 13.5. The Hall–Kier alpha value is -4.82. The molecule has 2 heterocycles. The van der Waals surface area contributed by atoms with Crippen molar-refractivity contribution in [3.05, 3.63) is 126 Å². The average molecular weight is 578 g/mol. The summed E-state index contributed by atoms with van der Waals surface area (Å²) in [6.07, 6.45) is -0.509. The number of anilines is 2. The van der Waals surface area contributed by atoms with E-state index in [-0.39, 0.29) is 19.1 Å². The van der Waals surface area contributed by atoms with Gasteiger partial charge in [-0.3, -0.25) is 9.69 Å². The number of hydrogen-bond donors (Lipinski definition) is 0. The highest BCUT2D eigenvalue weighted by molar-refractivity contribution is 5.98. The van der Waals surface area contributed by atoms with E-state index in [1.54, 1.807) is 4.90 Å². The van der Waals surface area contributed by atoms with Crippen molar-refractivity contribution < 1.29 is 23.8 Å². The molecule has 2 saturated heterocycles. The van der Waals surface area contributed by atoms with Crippen LogP contribution in [0.25, 0.3) is 0 Å². The molecular weight excluding hydrogens is 542 g/mol. The first-order chi connectivity index (χ1) is 21.0. The van der Waals surface area contributed by atoms with E-state index >= 15 is 0 Å². The van der Waals surface area contributed by atoms with Crippen LogP contribution in [0.2, 0.25) is 0 Å². The standard InChI is InChI=1S/C35H35N3O5/c1-36(20-27-11-5-2-6-12-27)31-18-17-30(19-32(31)42-22-28-13-7-3-8-14-28)37-24-35(25-41-26-35)38(21-33(37)39)34(40)43-23-29-15-9-4-10-16-29/h2-19H,20-26H2,1H3. The molecule has 8 heteroatoms. The minimum Gasteiger partial charge on any atom is -0.487 e. The summed E-state index contributed by atoms with van der Waals surface area (Å²) in [5.74, 6) is 0.491. The quantitative estimate of drug-likeness (QED) is 0.256. The van der Waals surface area contributed by atoms with Crippen molar-refractivity contribution in [1.82, 2.24) is 4.90 Å². The van der Waals surface area contributed by atoms with Gasteiger partial charge in [0.1, 0.15) is 31.0 Å². The van der Waals surface area contributed by atoms with Crippen molar-refractivity contribution >= 4 is 23.4 Å². The predicted octanol–water partition coefficient (Wildman–Crippen LogP) is 5.66. The first-order valence-corrected chi connectivity index (χ1v) is 14.4. The monoisotopic (exact) mass is 577 g/mol. The molecule has 0 aliphatic carbocycles. The predicted molar refractivity (Wildman–Crippen MR) is 165 cm³/mol. The molecule has 220 valence electrons. The SMILES string of the molecule is CN(Cc1ccccc1)c1ccc(N2CC3(COC3)N(C(=O)OCc3ccccc3)CC2=O)cc1OCc1ccccc1. The van der Waals surface area contributed by atoms with Gasteiger partial charge in [-0.2, -0.15) is 0 Å². The number of hydrogen-bond acceptors (Lipinski definition) is 6. The molecule has 2 aliphatic rings. The van der Waals surface area contributed by atoms with Crippen LogP contribution >= 0.6 is 0 Å². The largest absolute Gasteiger partial charge is 0.487 e. The highest BCUT2D eigenvalue weighted by Gasteiger charge is 2.53. The smallest absolute Gasteiger partial charge is 0.411 e. The van der Waals surface area contributed by atoms with Gasteiger partial charge in [-0.25, -0.2) is 4.79 Å². The third-order valence-electron chi connectivity index (χ3n) is 7.95. The number of carbonyl (C=O) groups is 2. The van der Waals surface area contributed by atoms with Crippen LogP contribution in [0.5, 0.6) is 5.75 Å². The van der Waals surface area contributed by atoms with E-state index in [9.17, 15) is 9.59 Å². The lowest BCUT2D eigenvalue weighted by Crippen LogP contribution is -2.74. The highest BCUT2D eigenvalue weighted by Crippen LogP contribution is 2.38. The van der Waals surface area contributed by atoms with Crippen LogP contribution in [0, 0.1) is 0 Å². The fraction of sp³-hybridized carbons (Fsp3) is 0.257. The van der Waals surface area contributed by atoms with Crippen LogP contribution in [0.4, 0.5) is 16.2 Å². The Labute approximate surface area is 252 Å². The molecule has 6 rings (SSSR count). The molecule has 0 saturated carbocycles. The lowest BCUT2D eigenvalue weighted by atomic mass is 9.91. The van der Waals surface area contributed by atoms with Crippen molar-refractivity contribution in [3.8, 4) is 5.75 Å². The molecule has 0 unspecified atom stereocenters. The van der Waals surface area contributed by atoms with Gasteiger partial charge >= 0.3 is 6.09 Å². The van der Waals surface area contributed by atoms with E-state index in [4.69, 9.17) is 14.2 Å². The van der Waals surface area contributed by atoms with E-state index in [0.29, 0.717) is 44.3 Å². The lowest BCUT2D eigenvalue weighted by molar-refractivity contribution is -0.150. The van der Waals surface area contributed by atoms with Gasteiger partial charge < -0.3 is 24.0 Å². The van der Waals surface area contributed by atoms with Gasteiger partial charge in [-0.1, -0.05) is 91.0 Å². The maximum Gasteiger partial charge on any atom is 0.411 e. The second kappa shape index (κ2) is 12.6. The number of carbonyl (C=O) groups excluding carboxylic acids is 2. The molecular formula is C35H35N3O5. The normalized spacial score (nSPS) is 15.6. The summed E-state index contributed by atoms with van der Waals surface area (Å²) in [4.78, 5) is 32.1. The number of ether oxygens (including phenoxy) is 3. The first kappa shape index (κ1) is 28.3. The number of amides is 2.